The minimum Gasteiger partial charge on any atom is -0.208 e. The second-order valence-electron chi connectivity index (χ2n) is 12.5. The summed E-state index contributed by atoms with van der Waals surface area (Å²) in [6.07, 6.45) is 6.88. The van der Waals surface area contributed by atoms with Gasteiger partial charge in [-0.15, -0.1) is 0 Å². The first kappa shape index (κ1) is 22.7. The van der Waals surface area contributed by atoms with E-state index in [1.54, 1.807) is 5.56 Å². The topological polar surface area (TPSA) is 38.7 Å². The van der Waals surface area contributed by atoms with Gasteiger partial charge in [0.05, 0.1) is 0 Å². The summed E-state index contributed by atoms with van der Waals surface area (Å²) in [5.41, 5.74) is 9.16. The van der Waals surface area contributed by atoms with E-state index in [1.165, 1.54) is 54.4 Å². The summed E-state index contributed by atoms with van der Waals surface area (Å²) in [5.74, 6) is 5.46. The van der Waals surface area contributed by atoms with Gasteiger partial charge in [-0.05, 0) is 78.0 Å². The fourth-order valence-corrected chi connectivity index (χ4v) is 9.33. The van der Waals surface area contributed by atoms with Crippen molar-refractivity contribution in [1.29, 1.82) is 0 Å². The molecule has 0 radical (unpaired) electrons. The second-order valence-corrected chi connectivity index (χ2v) is 12.5. The molecule has 4 fully saturated rings. The number of hydrogen-bond acceptors (Lipinski definition) is 3. The maximum atomic E-state index is 5.21. The van der Waals surface area contributed by atoms with Gasteiger partial charge in [0.1, 0.15) is 0 Å². The number of benzene rings is 4. The summed E-state index contributed by atoms with van der Waals surface area (Å²) in [5, 5.41) is 0. The molecule has 0 unspecified atom stereocenters. The molecule has 4 bridgehead atoms. The predicted octanol–water partition coefficient (Wildman–Crippen LogP) is 8.60. The van der Waals surface area contributed by atoms with Crippen LogP contribution >= 0.6 is 0 Å². The molecular weight excluding hydrogens is 486 g/mol. The summed E-state index contributed by atoms with van der Waals surface area (Å²) < 4.78 is 0. The van der Waals surface area contributed by atoms with Gasteiger partial charge in [0.25, 0.3) is 0 Å². The monoisotopic (exact) mass is 517 g/mol. The third-order valence-electron chi connectivity index (χ3n) is 10.5. The van der Waals surface area contributed by atoms with E-state index in [1.807, 2.05) is 12.1 Å². The lowest BCUT2D eigenvalue weighted by Gasteiger charge is -2.61. The molecule has 1 spiro atoms. The van der Waals surface area contributed by atoms with E-state index < -0.39 is 0 Å². The van der Waals surface area contributed by atoms with Crippen LogP contribution in [-0.2, 0) is 5.41 Å². The Morgan fingerprint density at radius 3 is 1.57 bits per heavy atom. The van der Waals surface area contributed by atoms with Crippen LogP contribution < -0.4 is 0 Å². The lowest BCUT2D eigenvalue weighted by Crippen LogP contribution is -2.55. The van der Waals surface area contributed by atoms with Gasteiger partial charge >= 0.3 is 0 Å². The van der Waals surface area contributed by atoms with Crippen molar-refractivity contribution in [3.8, 4) is 45.3 Å². The minimum absolute atomic E-state index is 0.0579. The van der Waals surface area contributed by atoms with E-state index in [4.69, 9.17) is 15.0 Å². The van der Waals surface area contributed by atoms with Crippen LogP contribution in [0.1, 0.15) is 43.2 Å². The highest BCUT2D eigenvalue weighted by Gasteiger charge is 2.62. The van der Waals surface area contributed by atoms with Gasteiger partial charge in [-0.25, -0.2) is 15.0 Å². The van der Waals surface area contributed by atoms with Crippen LogP contribution in [0.4, 0.5) is 0 Å². The molecule has 10 rings (SSSR count). The lowest BCUT2D eigenvalue weighted by molar-refractivity contribution is -0.0397. The molecule has 5 aromatic rings. The van der Waals surface area contributed by atoms with Crippen LogP contribution in [-0.4, -0.2) is 15.0 Å². The van der Waals surface area contributed by atoms with Crippen molar-refractivity contribution in [2.75, 3.05) is 0 Å². The van der Waals surface area contributed by atoms with Crippen molar-refractivity contribution in [2.24, 2.45) is 23.7 Å². The molecule has 1 aromatic heterocycles. The molecule has 0 aliphatic heterocycles. The average Bonchev–Trinajstić information content (AvgIpc) is 3.31. The molecule has 1 heterocycles. The van der Waals surface area contributed by atoms with Crippen molar-refractivity contribution in [1.82, 2.24) is 15.0 Å². The first-order chi connectivity index (χ1) is 19.8. The van der Waals surface area contributed by atoms with Crippen molar-refractivity contribution in [2.45, 2.75) is 37.5 Å². The number of rotatable bonds is 3. The van der Waals surface area contributed by atoms with Crippen LogP contribution in [0, 0.1) is 23.7 Å². The Labute approximate surface area is 235 Å². The fourth-order valence-electron chi connectivity index (χ4n) is 9.33. The van der Waals surface area contributed by atoms with Gasteiger partial charge in [-0.1, -0.05) is 103 Å². The Balaban J connectivity index is 1.32. The van der Waals surface area contributed by atoms with Crippen molar-refractivity contribution < 1.29 is 0 Å². The number of aromatic nitrogens is 3. The third-order valence-corrected chi connectivity index (χ3v) is 10.5. The van der Waals surface area contributed by atoms with E-state index in [0.717, 1.165) is 40.4 Å². The van der Waals surface area contributed by atoms with Gasteiger partial charge in [0.15, 0.2) is 17.5 Å². The Hall–Kier alpha value is -4.11. The molecule has 3 nitrogen and oxygen atoms in total. The lowest BCUT2D eigenvalue weighted by atomic mass is 9.43. The highest BCUT2D eigenvalue weighted by molar-refractivity contribution is 5.88. The first-order valence-corrected chi connectivity index (χ1v) is 14.9. The Morgan fingerprint density at radius 1 is 0.450 bits per heavy atom. The molecule has 0 atom stereocenters. The molecule has 5 aliphatic rings. The minimum atomic E-state index is 0.0579. The van der Waals surface area contributed by atoms with E-state index in [-0.39, 0.29) is 5.41 Å². The first-order valence-electron chi connectivity index (χ1n) is 14.9. The molecule has 0 saturated heterocycles. The van der Waals surface area contributed by atoms with Crippen molar-refractivity contribution in [3.05, 3.63) is 114 Å². The highest BCUT2D eigenvalue weighted by atomic mass is 15.0. The van der Waals surface area contributed by atoms with Crippen LogP contribution in [0.15, 0.2) is 103 Å². The van der Waals surface area contributed by atoms with Crippen LogP contribution in [0.2, 0.25) is 0 Å². The van der Waals surface area contributed by atoms with Crippen LogP contribution in [0.5, 0.6) is 0 Å². The summed E-state index contributed by atoms with van der Waals surface area (Å²) in [6, 6.07) is 36.8. The molecule has 0 N–H and O–H groups in total. The van der Waals surface area contributed by atoms with Gasteiger partial charge < -0.3 is 0 Å². The maximum Gasteiger partial charge on any atom is 0.164 e. The Bertz CT molecular complexity index is 1670. The molecule has 3 heteroatoms. The molecule has 0 amide bonds. The zero-order valence-electron chi connectivity index (χ0n) is 22.5. The molecule has 4 aromatic carbocycles. The van der Waals surface area contributed by atoms with Crippen LogP contribution in [0.25, 0.3) is 45.3 Å². The van der Waals surface area contributed by atoms with Crippen molar-refractivity contribution in [3.63, 3.8) is 0 Å². The SMILES string of the molecule is c1ccc(-c2nc(-c3ccccc3)nc(-c3cccc4c3C3(c5ccccc5-4)C4CC5CC(C4)CC3C5)n2)cc1. The highest BCUT2D eigenvalue weighted by Crippen LogP contribution is 2.70. The number of nitrogens with zero attached hydrogens (tertiary/aromatic N) is 3. The zero-order valence-corrected chi connectivity index (χ0v) is 22.5. The van der Waals surface area contributed by atoms with E-state index in [9.17, 15) is 0 Å². The quantitative estimate of drug-likeness (QED) is 0.240. The number of hydrogen-bond donors (Lipinski definition) is 0. The van der Waals surface area contributed by atoms with E-state index >= 15 is 0 Å². The average molecular weight is 518 g/mol. The van der Waals surface area contributed by atoms with Gasteiger partial charge in [0.2, 0.25) is 0 Å². The van der Waals surface area contributed by atoms with Crippen LogP contribution in [0.3, 0.4) is 0 Å². The normalized spacial score (nSPS) is 27.1. The zero-order chi connectivity index (χ0) is 26.3. The predicted molar refractivity (Wildman–Crippen MR) is 159 cm³/mol. The summed E-state index contributed by atoms with van der Waals surface area (Å²) in [4.78, 5) is 15.4. The second kappa shape index (κ2) is 8.44. The maximum absolute atomic E-state index is 5.21. The summed E-state index contributed by atoms with van der Waals surface area (Å²) >= 11 is 0. The van der Waals surface area contributed by atoms with Gasteiger partial charge in [0, 0.05) is 22.1 Å². The fraction of sp³-hybridized carbons (Fsp3) is 0.270. The molecular formula is C37H31N3. The molecule has 5 aliphatic carbocycles. The van der Waals surface area contributed by atoms with E-state index in [2.05, 4.69) is 91.0 Å². The smallest absolute Gasteiger partial charge is 0.164 e. The largest absolute Gasteiger partial charge is 0.208 e. The van der Waals surface area contributed by atoms with Gasteiger partial charge in [-0.2, -0.15) is 0 Å². The Kier molecular flexibility index (Phi) is 4.79. The molecule has 40 heavy (non-hydrogen) atoms. The van der Waals surface area contributed by atoms with Gasteiger partial charge in [-0.3, -0.25) is 0 Å². The van der Waals surface area contributed by atoms with Crippen molar-refractivity contribution >= 4 is 0 Å². The standard InChI is InChI=1S/C37H31N3/c1-3-10-25(11-4-1)34-38-35(26-12-5-2-6-13-26)40-36(39-34)31-16-9-15-30-29-14-7-8-17-32(29)37(33(30)31)27-19-23-18-24(21-27)22-28(37)20-23/h1-17,23-24,27-28H,18-22H2. The molecule has 194 valence electrons. The molecule has 4 saturated carbocycles. The number of fused-ring (bicyclic) bond motifs is 3. The Morgan fingerprint density at radius 2 is 0.950 bits per heavy atom. The summed E-state index contributed by atoms with van der Waals surface area (Å²) in [7, 11) is 0. The summed E-state index contributed by atoms with van der Waals surface area (Å²) in [6.45, 7) is 0. The third kappa shape index (κ3) is 3.09. The van der Waals surface area contributed by atoms with E-state index in [0.29, 0.717) is 11.8 Å².